The molecule has 3 rings (SSSR count). The van der Waals surface area contributed by atoms with Gasteiger partial charge in [0, 0.05) is 30.0 Å². The molecule has 1 fully saturated rings. The summed E-state index contributed by atoms with van der Waals surface area (Å²) in [6.07, 6.45) is 4.37. The molecular formula is C16H18N4O. The topological polar surface area (TPSA) is 58.1 Å². The van der Waals surface area contributed by atoms with Crippen molar-refractivity contribution >= 4 is 12.0 Å². The van der Waals surface area contributed by atoms with Crippen molar-refractivity contribution in [1.82, 2.24) is 15.3 Å². The molecule has 2 amide bonds. The molecule has 1 aromatic carbocycles. The summed E-state index contributed by atoms with van der Waals surface area (Å²) in [5, 5.41) is 2.96. The minimum atomic E-state index is -0.169. The lowest BCUT2D eigenvalue weighted by Crippen LogP contribution is -2.57. The van der Waals surface area contributed by atoms with Crippen LogP contribution >= 0.6 is 0 Å². The molecule has 1 aliphatic rings. The number of nitrogens with zero attached hydrogens (tertiary/aromatic N) is 3. The van der Waals surface area contributed by atoms with Gasteiger partial charge in [-0.15, -0.1) is 0 Å². The third-order valence-electron chi connectivity index (χ3n) is 3.64. The van der Waals surface area contributed by atoms with E-state index in [0.29, 0.717) is 12.5 Å². The van der Waals surface area contributed by atoms with Crippen LogP contribution in [0, 0.1) is 0 Å². The molecule has 1 N–H and O–H groups in total. The number of amides is 2. The van der Waals surface area contributed by atoms with E-state index in [0.717, 1.165) is 17.5 Å². The zero-order valence-electron chi connectivity index (χ0n) is 12.2. The first-order valence-electron chi connectivity index (χ1n) is 7.02. The summed E-state index contributed by atoms with van der Waals surface area (Å²) < 4.78 is 0. The van der Waals surface area contributed by atoms with Crippen LogP contribution in [0.1, 0.15) is 20.3 Å². The minimum Gasteiger partial charge on any atom is -0.333 e. The van der Waals surface area contributed by atoms with Crippen molar-refractivity contribution in [3.05, 3.63) is 42.7 Å². The van der Waals surface area contributed by atoms with E-state index >= 15 is 0 Å². The summed E-state index contributed by atoms with van der Waals surface area (Å²) in [4.78, 5) is 22.3. The van der Waals surface area contributed by atoms with Gasteiger partial charge in [-0.05, 0) is 25.8 Å². The summed E-state index contributed by atoms with van der Waals surface area (Å²) >= 11 is 0. The third kappa shape index (κ3) is 2.86. The van der Waals surface area contributed by atoms with Crippen LogP contribution in [0.2, 0.25) is 0 Å². The van der Waals surface area contributed by atoms with Crippen molar-refractivity contribution in [3.63, 3.8) is 0 Å². The quantitative estimate of drug-likeness (QED) is 0.921. The number of urea groups is 1. The summed E-state index contributed by atoms with van der Waals surface area (Å²) in [7, 11) is 0. The molecule has 0 spiro atoms. The third-order valence-corrected chi connectivity index (χ3v) is 3.64. The normalized spacial score (nSPS) is 17.4. The average molecular weight is 282 g/mol. The molecule has 1 aliphatic heterocycles. The van der Waals surface area contributed by atoms with Crippen LogP contribution in [0.5, 0.6) is 0 Å². The van der Waals surface area contributed by atoms with E-state index in [2.05, 4.69) is 15.3 Å². The van der Waals surface area contributed by atoms with Crippen LogP contribution in [0.3, 0.4) is 0 Å². The zero-order chi connectivity index (χ0) is 14.9. The van der Waals surface area contributed by atoms with Gasteiger partial charge in [0.05, 0.1) is 0 Å². The number of hydrogen-bond acceptors (Lipinski definition) is 3. The number of benzene rings is 1. The van der Waals surface area contributed by atoms with Gasteiger partial charge < -0.3 is 5.32 Å². The molecule has 2 heterocycles. The Balaban J connectivity index is 1.80. The highest BCUT2D eigenvalue weighted by atomic mass is 16.2. The van der Waals surface area contributed by atoms with E-state index in [-0.39, 0.29) is 11.6 Å². The maximum absolute atomic E-state index is 12.1. The predicted octanol–water partition coefficient (Wildman–Crippen LogP) is 2.84. The highest BCUT2D eigenvalue weighted by molar-refractivity contribution is 5.91. The van der Waals surface area contributed by atoms with Crippen LogP contribution in [-0.4, -0.2) is 28.1 Å². The number of aromatic nitrogens is 2. The highest BCUT2D eigenvalue weighted by Gasteiger charge is 2.32. The number of carbonyl (C=O) groups is 1. The molecule has 5 heteroatoms. The summed E-state index contributed by atoms with van der Waals surface area (Å²) in [6.45, 7) is 4.66. The van der Waals surface area contributed by atoms with Crippen molar-refractivity contribution in [2.45, 2.75) is 25.8 Å². The molecule has 0 unspecified atom stereocenters. The largest absolute Gasteiger partial charge is 0.333 e. The van der Waals surface area contributed by atoms with Crippen LogP contribution in [-0.2, 0) is 0 Å². The molecule has 0 radical (unpaired) electrons. The Labute approximate surface area is 124 Å². The fourth-order valence-corrected chi connectivity index (χ4v) is 2.34. The molecule has 21 heavy (non-hydrogen) atoms. The zero-order valence-corrected chi connectivity index (χ0v) is 12.2. The second-order valence-electron chi connectivity index (χ2n) is 5.85. The van der Waals surface area contributed by atoms with E-state index in [1.807, 2.05) is 44.2 Å². The van der Waals surface area contributed by atoms with Gasteiger partial charge in [0.15, 0.2) is 0 Å². The average Bonchev–Trinajstić information content (AvgIpc) is 2.48. The number of anilines is 1. The standard InChI is InChI=1S/C16H18N4O/c1-16(2)8-9-20(15(21)19-16)14-17-10-13(11-18-14)12-6-4-3-5-7-12/h3-7,10-11H,8-9H2,1-2H3,(H,19,21). The first-order valence-corrected chi connectivity index (χ1v) is 7.02. The Hall–Kier alpha value is -2.43. The lowest BCUT2D eigenvalue weighted by Gasteiger charge is -2.36. The lowest BCUT2D eigenvalue weighted by atomic mass is 9.99. The molecule has 0 bridgehead atoms. The number of carbonyl (C=O) groups excluding carboxylic acids is 1. The minimum absolute atomic E-state index is 0.140. The van der Waals surface area contributed by atoms with E-state index in [1.54, 1.807) is 17.3 Å². The molecule has 2 aromatic rings. The van der Waals surface area contributed by atoms with E-state index in [4.69, 9.17) is 0 Å². The van der Waals surface area contributed by atoms with Gasteiger partial charge in [0.2, 0.25) is 5.95 Å². The second kappa shape index (κ2) is 5.16. The van der Waals surface area contributed by atoms with E-state index in [1.165, 1.54) is 0 Å². The number of hydrogen-bond donors (Lipinski definition) is 1. The molecule has 1 aromatic heterocycles. The van der Waals surface area contributed by atoms with E-state index in [9.17, 15) is 4.79 Å². The van der Waals surface area contributed by atoms with Crippen molar-refractivity contribution in [3.8, 4) is 11.1 Å². The first-order chi connectivity index (χ1) is 10.1. The smallest absolute Gasteiger partial charge is 0.324 e. The summed E-state index contributed by atoms with van der Waals surface area (Å²) in [5.74, 6) is 0.447. The Bertz CT molecular complexity index is 637. The van der Waals surface area contributed by atoms with Crippen LogP contribution in [0.25, 0.3) is 11.1 Å². The lowest BCUT2D eigenvalue weighted by molar-refractivity contribution is 0.224. The SMILES string of the molecule is CC1(C)CCN(c2ncc(-c3ccccc3)cn2)C(=O)N1. The second-order valence-corrected chi connectivity index (χ2v) is 5.85. The molecule has 108 valence electrons. The fourth-order valence-electron chi connectivity index (χ4n) is 2.34. The Morgan fingerprint density at radius 2 is 1.76 bits per heavy atom. The molecular weight excluding hydrogens is 264 g/mol. The molecule has 0 atom stereocenters. The van der Waals surface area contributed by atoms with Gasteiger partial charge in [-0.1, -0.05) is 30.3 Å². The Kier molecular flexibility index (Phi) is 3.33. The van der Waals surface area contributed by atoms with Gasteiger partial charge in [0.1, 0.15) is 0 Å². The van der Waals surface area contributed by atoms with Crippen LogP contribution in [0.4, 0.5) is 10.7 Å². The molecule has 1 saturated heterocycles. The number of rotatable bonds is 2. The highest BCUT2D eigenvalue weighted by Crippen LogP contribution is 2.22. The predicted molar refractivity (Wildman–Crippen MR) is 82.0 cm³/mol. The first kappa shape index (κ1) is 13.5. The Morgan fingerprint density at radius 3 is 2.38 bits per heavy atom. The van der Waals surface area contributed by atoms with Crippen LogP contribution < -0.4 is 10.2 Å². The maximum Gasteiger partial charge on any atom is 0.324 e. The van der Waals surface area contributed by atoms with Gasteiger partial charge in [-0.2, -0.15) is 0 Å². The maximum atomic E-state index is 12.1. The Morgan fingerprint density at radius 1 is 1.10 bits per heavy atom. The molecule has 5 nitrogen and oxygen atoms in total. The van der Waals surface area contributed by atoms with Crippen LogP contribution in [0.15, 0.2) is 42.7 Å². The van der Waals surface area contributed by atoms with Gasteiger partial charge >= 0.3 is 6.03 Å². The fraction of sp³-hybridized carbons (Fsp3) is 0.312. The van der Waals surface area contributed by atoms with E-state index < -0.39 is 0 Å². The molecule has 0 aliphatic carbocycles. The summed E-state index contributed by atoms with van der Waals surface area (Å²) in [6, 6.07) is 9.80. The molecule has 0 saturated carbocycles. The van der Waals surface area contributed by atoms with Crippen molar-refractivity contribution < 1.29 is 4.79 Å². The summed E-state index contributed by atoms with van der Waals surface area (Å²) in [5.41, 5.74) is 1.84. The van der Waals surface area contributed by atoms with Gasteiger partial charge in [-0.3, -0.25) is 4.90 Å². The van der Waals surface area contributed by atoms with Gasteiger partial charge in [0.25, 0.3) is 0 Å². The number of nitrogens with one attached hydrogen (secondary N) is 1. The van der Waals surface area contributed by atoms with Crippen molar-refractivity contribution in [2.75, 3.05) is 11.4 Å². The van der Waals surface area contributed by atoms with Gasteiger partial charge in [-0.25, -0.2) is 14.8 Å². The monoisotopic (exact) mass is 282 g/mol. The van der Waals surface area contributed by atoms with Crippen molar-refractivity contribution in [2.24, 2.45) is 0 Å². The van der Waals surface area contributed by atoms with Crippen molar-refractivity contribution in [1.29, 1.82) is 0 Å².